The van der Waals surface area contributed by atoms with Gasteiger partial charge >= 0.3 is 5.97 Å². The van der Waals surface area contributed by atoms with E-state index in [4.69, 9.17) is 5.73 Å². The van der Waals surface area contributed by atoms with Crippen LogP contribution in [-0.4, -0.2) is 112 Å². The van der Waals surface area contributed by atoms with Crippen molar-refractivity contribution in [2.24, 2.45) is 5.73 Å². The van der Waals surface area contributed by atoms with Gasteiger partial charge in [0.05, 0.1) is 31.7 Å². The highest BCUT2D eigenvalue weighted by molar-refractivity contribution is 8.00. The van der Waals surface area contributed by atoms with Crippen LogP contribution in [0.5, 0.6) is 0 Å². The third-order valence-corrected chi connectivity index (χ3v) is 6.26. The van der Waals surface area contributed by atoms with Gasteiger partial charge in [-0.1, -0.05) is 0 Å². The van der Waals surface area contributed by atoms with Crippen molar-refractivity contribution >= 4 is 47.3 Å². The van der Waals surface area contributed by atoms with Crippen LogP contribution >= 0.6 is 11.8 Å². The molecular formula is C18H30N6O9S. The first-order chi connectivity index (χ1) is 15.9. The fourth-order valence-electron chi connectivity index (χ4n) is 2.90. The minimum Gasteiger partial charge on any atom is -0.480 e. The lowest BCUT2D eigenvalue weighted by Crippen LogP contribution is -2.60. The zero-order chi connectivity index (χ0) is 26.0. The topological polar surface area (TPSA) is 249 Å². The van der Waals surface area contributed by atoms with Crippen molar-refractivity contribution in [1.82, 2.24) is 26.6 Å². The van der Waals surface area contributed by atoms with Crippen LogP contribution < -0.4 is 32.3 Å². The first-order valence-corrected chi connectivity index (χ1v) is 11.2. The Labute approximate surface area is 199 Å². The van der Waals surface area contributed by atoms with E-state index in [1.54, 1.807) is 0 Å². The number of carboxylic acids is 1. The number of nitrogens with two attached hydrogens (primary N) is 1. The van der Waals surface area contributed by atoms with Crippen LogP contribution in [0.15, 0.2) is 0 Å². The monoisotopic (exact) mass is 506 g/mol. The van der Waals surface area contributed by atoms with Gasteiger partial charge in [-0.3, -0.25) is 28.8 Å². The van der Waals surface area contributed by atoms with Crippen molar-refractivity contribution in [3.8, 4) is 0 Å². The molecule has 10 N–H and O–H groups in total. The molecule has 15 nitrogen and oxygen atoms in total. The van der Waals surface area contributed by atoms with Gasteiger partial charge in [0.1, 0.15) is 23.4 Å². The third kappa shape index (κ3) is 8.44. The normalized spacial score (nSPS) is 29.9. The SMILES string of the molecule is CN[C@H]1CSC(C(=O)O)C(CO)NC(=O)[C@H](CC(N)=O)NC(=O)[C@H](C)NC(=O)C(CO)NC1=O. The summed E-state index contributed by atoms with van der Waals surface area (Å²) in [7, 11) is 1.42. The molecule has 0 aromatic heterocycles. The number of nitrogens with one attached hydrogen (secondary N) is 5. The molecule has 34 heavy (non-hydrogen) atoms. The number of primary amides is 1. The summed E-state index contributed by atoms with van der Waals surface area (Å²) in [5, 5.41) is 39.2. The zero-order valence-electron chi connectivity index (χ0n) is 18.6. The number of aliphatic hydroxyl groups excluding tert-OH is 2. The molecule has 0 radical (unpaired) electrons. The van der Waals surface area contributed by atoms with Crippen LogP contribution in [0.1, 0.15) is 13.3 Å². The van der Waals surface area contributed by atoms with Crippen LogP contribution in [-0.2, 0) is 28.8 Å². The summed E-state index contributed by atoms with van der Waals surface area (Å²) in [6.45, 7) is -0.342. The van der Waals surface area contributed by atoms with Gasteiger partial charge < -0.3 is 47.6 Å². The molecule has 0 aliphatic carbocycles. The molecule has 0 aromatic carbocycles. The maximum Gasteiger partial charge on any atom is 0.318 e. The fraction of sp³-hybridized carbons (Fsp3) is 0.667. The Kier molecular flexibility index (Phi) is 11.7. The average Bonchev–Trinajstić information content (AvgIpc) is 2.76. The molecule has 3 unspecified atom stereocenters. The summed E-state index contributed by atoms with van der Waals surface area (Å²) in [5.74, 6) is -6.02. The summed E-state index contributed by atoms with van der Waals surface area (Å²) in [4.78, 5) is 73.4. The Balaban J connectivity index is 3.35. The number of hydrogen-bond acceptors (Lipinski definition) is 10. The molecule has 0 saturated carbocycles. The van der Waals surface area contributed by atoms with Crippen molar-refractivity contribution in [2.75, 3.05) is 26.0 Å². The van der Waals surface area contributed by atoms with E-state index < -0.39 is 90.6 Å². The minimum atomic E-state index is -1.52. The number of aliphatic carboxylic acids is 1. The first kappa shape index (κ1) is 29.1. The van der Waals surface area contributed by atoms with Crippen LogP contribution in [0.25, 0.3) is 0 Å². The average molecular weight is 507 g/mol. The van der Waals surface area contributed by atoms with E-state index in [9.17, 15) is 44.1 Å². The molecule has 16 heteroatoms. The Morgan fingerprint density at radius 3 is 2.06 bits per heavy atom. The van der Waals surface area contributed by atoms with E-state index in [1.807, 2.05) is 0 Å². The largest absolute Gasteiger partial charge is 0.480 e. The molecule has 192 valence electrons. The predicted octanol–water partition coefficient (Wildman–Crippen LogP) is -5.41. The summed E-state index contributed by atoms with van der Waals surface area (Å²) in [5.41, 5.74) is 5.15. The van der Waals surface area contributed by atoms with E-state index in [2.05, 4.69) is 26.6 Å². The van der Waals surface area contributed by atoms with Gasteiger partial charge in [-0.15, -0.1) is 11.8 Å². The Hall–Kier alpha value is -2.95. The lowest BCUT2D eigenvalue weighted by atomic mass is 10.1. The van der Waals surface area contributed by atoms with Crippen molar-refractivity contribution in [3.63, 3.8) is 0 Å². The number of likely N-dealkylation sites (N-methyl/N-ethyl adjacent to an activating group) is 1. The van der Waals surface area contributed by atoms with Crippen LogP contribution in [0.3, 0.4) is 0 Å². The van der Waals surface area contributed by atoms with Gasteiger partial charge in [0.25, 0.3) is 0 Å². The van der Waals surface area contributed by atoms with Gasteiger partial charge in [0.2, 0.25) is 29.5 Å². The van der Waals surface area contributed by atoms with E-state index >= 15 is 0 Å². The highest BCUT2D eigenvalue weighted by atomic mass is 32.2. The summed E-state index contributed by atoms with van der Waals surface area (Å²) in [6.07, 6.45) is -0.640. The Bertz CT molecular complexity index is 798. The van der Waals surface area contributed by atoms with E-state index in [0.717, 1.165) is 11.8 Å². The Morgan fingerprint density at radius 2 is 1.56 bits per heavy atom. The van der Waals surface area contributed by atoms with Crippen LogP contribution in [0, 0.1) is 0 Å². The maximum atomic E-state index is 12.7. The third-order valence-electron chi connectivity index (χ3n) is 4.85. The molecule has 0 spiro atoms. The molecule has 0 bridgehead atoms. The summed E-state index contributed by atoms with van der Waals surface area (Å²) < 4.78 is 0. The predicted molar refractivity (Wildman–Crippen MR) is 118 cm³/mol. The van der Waals surface area contributed by atoms with E-state index in [1.165, 1.54) is 14.0 Å². The number of carbonyl (C=O) groups excluding carboxylic acids is 5. The molecule has 1 rings (SSSR count). The molecule has 1 heterocycles. The number of carboxylic acid groups (broad SMARTS) is 1. The lowest BCUT2D eigenvalue weighted by Gasteiger charge is -2.28. The first-order valence-electron chi connectivity index (χ1n) is 10.2. The molecule has 6 atom stereocenters. The molecule has 1 aliphatic rings. The summed E-state index contributed by atoms with van der Waals surface area (Å²) >= 11 is 0.723. The smallest absolute Gasteiger partial charge is 0.318 e. The van der Waals surface area contributed by atoms with E-state index in [0.29, 0.717) is 0 Å². The van der Waals surface area contributed by atoms with Gasteiger partial charge in [-0.25, -0.2) is 0 Å². The van der Waals surface area contributed by atoms with Crippen molar-refractivity contribution in [2.45, 2.75) is 48.8 Å². The summed E-state index contributed by atoms with van der Waals surface area (Å²) in [6, 6.07) is -6.57. The van der Waals surface area contributed by atoms with Gasteiger partial charge in [0, 0.05) is 5.75 Å². The van der Waals surface area contributed by atoms with Gasteiger partial charge in [0.15, 0.2) is 0 Å². The number of amides is 5. The van der Waals surface area contributed by atoms with Crippen molar-refractivity contribution in [3.05, 3.63) is 0 Å². The zero-order valence-corrected chi connectivity index (χ0v) is 19.4. The van der Waals surface area contributed by atoms with Crippen LogP contribution in [0.2, 0.25) is 0 Å². The standard InChI is InChI=1S/C18H30N6O9S/c1-7-14(28)22-8(3-12(19)27)15(29)23-9(4-25)13(18(32)33)34-6-11(20-2)17(31)24-10(5-26)16(30)21-7/h7-11,13,20,25-26H,3-6H2,1-2H3,(H2,19,27)(H,21,30)(H,22,28)(H,23,29)(H,24,31)(H,32,33)/t7-,8-,9?,10?,11-,13?/m0/s1. The number of thioether (sulfide) groups is 1. The highest BCUT2D eigenvalue weighted by Crippen LogP contribution is 2.18. The quantitative estimate of drug-likeness (QED) is 0.164. The number of carbonyl (C=O) groups is 6. The number of aliphatic hydroxyl groups is 2. The molecule has 1 fully saturated rings. The Morgan fingerprint density at radius 1 is 0.971 bits per heavy atom. The van der Waals surface area contributed by atoms with Crippen molar-refractivity contribution < 1.29 is 44.1 Å². The fourth-order valence-corrected chi connectivity index (χ4v) is 4.15. The van der Waals surface area contributed by atoms with Crippen molar-refractivity contribution in [1.29, 1.82) is 0 Å². The molecule has 0 aromatic rings. The van der Waals surface area contributed by atoms with Crippen LogP contribution in [0.4, 0.5) is 0 Å². The second kappa shape index (κ2) is 13.7. The second-order valence-electron chi connectivity index (χ2n) is 7.44. The second-order valence-corrected chi connectivity index (χ2v) is 8.61. The van der Waals surface area contributed by atoms with Gasteiger partial charge in [-0.2, -0.15) is 0 Å². The van der Waals surface area contributed by atoms with Gasteiger partial charge in [-0.05, 0) is 14.0 Å². The van der Waals surface area contributed by atoms with E-state index in [-0.39, 0.29) is 5.75 Å². The number of hydrogen-bond donors (Lipinski definition) is 9. The molecule has 1 saturated heterocycles. The maximum absolute atomic E-state index is 12.7. The molecule has 5 amide bonds. The molecular weight excluding hydrogens is 476 g/mol. The lowest BCUT2D eigenvalue weighted by molar-refractivity contribution is -0.138. The minimum absolute atomic E-state index is 0.150. The number of rotatable bonds is 6. The molecule has 1 aliphatic heterocycles. The highest BCUT2D eigenvalue weighted by Gasteiger charge is 2.35.